The first-order chi connectivity index (χ1) is 8.22. The summed E-state index contributed by atoms with van der Waals surface area (Å²) in [6.07, 6.45) is 0.473. The first-order valence-corrected chi connectivity index (χ1v) is 5.33. The minimum atomic E-state index is -0.831. The Kier molecular flexibility index (Phi) is 3.49. The van der Waals surface area contributed by atoms with Crippen molar-refractivity contribution in [2.45, 2.75) is 19.4 Å². The molecule has 1 aliphatic heterocycles. The summed E-state index contributed by atoms with van der Waals surface area (Å²) >= 11 is 0. The molecule has 1 heterocycles. The summed E-state index contributed by atoms with van der Waals surface area (Å²) in [6, 6.07) is 3.61. The van der Waals surface area contributed by atoms with E-state index < -0.39 is 5.97 Å². The SMILES string of the molecule is COc1ccc2c(c1CCC(=O)O)COCO2. The van der Waals surface area contributed by atoms with Crippen LogP contribution in [0.3, 0.4) is 0 Å². The van der Waals surface area contributed by atoms with E-state index in [0.29, 0.717) is 18.8 Å². The largest absolute Gasteiger partial charge is 0.496 e. The van der Waals surface area contributed by atoms with Crippen LogP contribution in [-0.2, 0) is 22.6 Å². The van der Waals surface area contributed by atoms with Gasteiger partial charge in [0, 0.05) is 17.5 Å². The van der Waals surface area contributed by atoms with Gasteiger partial charge in [0.15, 0.2) is 6.79 Å². The number of carboxylic acids is 1. The molecule has 1 aromatic rings. The van der Waals surface area contributed by atoms with E-state index in [1.165, 1.54) is 0 Å². The van der Waals surface area contributed by atoms with E-state index in [0.717, 1.165) is 16.9 Å². The molecule has 2 rings (SSSR count). The van der Waals surface area contributed by atoms with Crippen molar-refractivity contribution in [2.75, 3.05) is 13.9 Å². The molecule has 1 N–H and O–H groups in total. The van der Waals surface area contributed by atoms with Crippen LogP contribution >= 0.6 is 0 Å². The lowest BCUT2D eigenvalue weighted by atomic mass is 10.0. The number of hydrogen-bond acceptors (Lipinski definition) is 4. The normalized spacial score (nSPS) is 13.7. The number of hydrogen-bond donors (Lipinski definition) is 1. The Morgan fingerprint density at radius 2 is 2.35 bits per heavy atom. The monoisotopic (exact) mass is 238 g/mol. The van der Waals surface area contributed by atoms with Crippen molar-refractivity contribution in [2.24, 2.45) is 0 Å². The van der Waals surface area contributed by atoms with Gasteiger partial charge in [-0.05, 0) is 18.6 Å². The summed E-state index contributed by atoms with van der Waals surface area (Å²) in [5.74, 6) is 0.596. The molecular weight excluding hydrogens is 224 g/mol. The van der Waals surface area contributed by atoms with Crippen LogP contribution in [0, 0.1) is 0 Å². The Labute approximate surface area is 98.9 Å². The van der Waals surface area contributed by atoms with Gasteiger partial charge in [-0.25, -0.2) is 0 Å². The summed E-state index contributed by atoms with van der Waals surface area (Å²) < 4.78 is 15.8. The van der Waals surface area contributed by atoms with Crippen molar-refractivity contribution in [3.8, 4) is 11.5 Å². The van der Waals surface area contributed by atoms with Gasteiger partial charge in [-0.1, -0.05) is 0 Å². The number of carbonyl (C=O) groups is 1. The molecule has 0 aromatic heterocycles. The third kappa shape index (κ3) is 2.50. The molecule has 5 nitrogen and oxygen atoms in total. The van der Waals surface area contributed by atoms with Gasteiger partial charge in [-0.15, -0.1) is 0 Å². The van der Waals surface area contributed by atoms with Crippen molar-refractivity contribution < 1.29 is 24.1 Å². The molecule has 0 radical (unpaired) electrons. The molecule has 0 aliphatic carbocycles. The third-order valence-corrected chi connectivity index (χ3v) is 2.70. The number of rotatable bonds is 4. The lowest BCUT2D eigenvalue weighted by Crippen LogP contribution is -2.14. The zero-order chi connectivity index (χ0) is 12.3. The highest BCUT2D eigenvalue weighted by Gasteiger charge is 2.19. The Balaban J connectivity index is 2.34. The van der Waals surface area contributed by atoms with E-state index in [1.54, 1.807) is 13.2 Å². The average molecular weight is 238 g/mol. The van der Waals surface area contributed by atoms with E-state index in [9.17, 15) is 4.79 Å². The van der Waals surface area contributed by atoms with E-state index in [1.807, 2.05) is 6.07 Å². The molecule has 0 unspecified atom stereocenters. The van der Waals surface area contributed by atoms with E-state index in [-0.39, 0.29) is 13.2 Å². The molecule has 0 fully saturated rings. The topological polar surface area (TPSA) is 65.0 Å². The standard InChI is InChI=1S/C12H14O5/c1-15-10-3-4-11-9(6-16-7-17-11)8(10)2-5-12(13)14/h3-4H,2,5-7H2,1H3,(H,13,14). The van der Waals surface area contributed by atoms with Crippen LogP contribution in [0.1, 0.15) is 17.5 Å². The number of aliphatic carboxylic acids is 1. The minimum absolute atomic E-state index is 0.0623. The third-order valence-electron chi connectivity index (χ3n) is 2.70. The van der Waals surface area contributed by atoms with Crippen molar-refractivity contribution in [3.63, 3.8) is 0 Å². The zero-order valence-corrected chi connectivity index (χ0v) is 9.56. The van der Waals surface area contributed by atoms with Crippen molar-refractivity contribution in [1.29, 1.82) is 0 Å². The van der Waals surface area contributed by atoms with E-state index in [2.05, 4.69) is 0 Å². The Morgan fingerprint density at radius 1 is 1.53 bits per heavy atom. The van der Waals surface area contributed by atoms with Gasteiger partial charge >= 0.3 is 5.97 Å². The summed E-state index contributed by atoms with van der Waals surface area (Å²) in [5, 5.41) is 8.74. The molecule has 1 aliphatic rings. The van der Waals surface area contributed by atoms with Crippen LogP contribution in [0.25, 0.3) is 0 Å². The first-order valence-electron chi connectivity index (χ1n) is 5.33. The quantitative estimate of drug-likeness (QED) is 0.862. The van der Waals surface area contributed by atoms with Gasteiger partial charge in [0.05, 0.1) is 13.7 Å². The fraction of sp³-hybridized carbons (Fsp3) is 0.417. The molecule has 0 bridgehead atoms. The predicted molar refractivity (Wildman–Crippen MR) is 59.2 cm³/mol. The number of fused-ring (bicyclic) bond motifs is 1. The van der Waals surface area contributed by atoms with Gasteiger partial charge in [-0.2, -0.15) is 0 Å². The lowest BCUT2D eigenvalue weighted by Gasteiger charge is -2.22. The maximum absolute atomic E-state index is 10.6. The van der Waals surface area contributed by atoms with Crippen LogP contribution in [0.2, 0.25) is 0 Å². The number of benzene rings is 1. The molecule has 1 aromatic carbocycles. The van der Waals surface area contributed by atoms with Crippen LogP contribution in [0.4, 0.5) is 0 Å². The zero-order valence-electron chi connectivity index (χ0n) is 9.56. The number of ether oxygens (including phenoxy) is 3. The maximum atomic E-state index is 10.6. The van der Waals surface area contributed by atoms with Gasteiger partial charge in [-0.3, -0.25) is 4.79 Å². The molecule has 5 heteroatoms. The van der Waals surface area contributed by atoms with Crippen molar-refractivity contribution >= 4 is 5.97 Å². The van der Waals surface area contributed by atoms with Crippen molar-refractivity contribution in [1.82, 2.24) is 0 Å². The summed E-state index contributed by atoms with van der Waals surface area (Å²) in [4.78, 5) is 10.6. The molecule has 17 heavy (non-hydrogen) atoms. The van der Waals surface area contributed by atoms with Crippen molar-refractivity contribution in [3.05, 3.63) is 23.3 Å². The van der Waals surface area contributed by atoms with E-state index in [4.69, 9.17) is 19.3 Å². The highest BCUT2D eigenvalue weighted by molar-refractivity contribution is 5.67. The second kappa shape index (κ2) is 5.05. The highest BCUT2D eigenvalue weighted by atomic mass is 16.7. The molecule has 0 amide bonds. The predicted octanol–water partition coefficient (Wildman–Crippen LogP) is 1.58. The van der Waals surface area contributed by atoms with Crippen LogP contribution in [-0.4, -0.2) is 25.0 Å². The minimum Gasteiger partial charge on any atom is -0.496 e. The van der Waals surface area contributed by atoms with E-state index >= 15 is 0 Å². The fourth-order valence-corrected chi connectivity index (χ4v) is 1.89. The maximum Gasteiger partial charge on any atom is 0.303 e. The van der Waals surface area contributed by atoms with Gasteiger partial charge < -0.3 is 19.3 Å². The number of methoxy groups -OCH3 is 1. The second-order valence-electron chi connectivity index (χ2n) is 3.73. The molecule has 0 saturated carbocycles. The smallest absolute Gasteiger partial charge is 0.303 e. The first kappa shape index (κ1) is 11.7. The Hall–Kier alpha value is -1.75. The molecule has 92 valence electrons. The lowest BCUT2D eigenvalue weighted by molar-refractivity contribution is -0.136. The highest BCUT2D eigenvalue weighted by Crippen LogP contribution is 2.34. The van der Waals surface area contributed by atoms with Gasteiger partial charge in [0.1, 0.15) is 11.5 Å². The molecule has 0 spiro atoms. The average Bonchev–Trinajstić information content (AvgIpc) is 2.35. The summed E-state index contributed by atoms with van der Waals surface area (Å²) in [7, 11) is 1.57. The molecule has 0 atom stereocenters. The molecule has 0 saturated heterocycles. The Bertz CT molecular complexity index is 427. The van der Waals surface area contributed by atoms with Crippen LogP contribution < -0.4 is 9.47 Å². The molecular formula is C12H14O5. The Morgan fingerprint density at radius 3 is 3.06 bits per heavy atom. The summed E-state index contributed by atoms with van der Waals surface area (Å²) in [6.45, 7) is 0.666. The fourth-order valence-electron chi connectivity index (χ4n) is 1.89. The van der Waals surface area contributed by atoms with Gasteiger partial charge in [0.2, 0.25) is 0 Å². The second-order valence-corrected chi connectivity index (χ2v) is 3.73. The van der Waals surface area contributed by atoms with Gasteiger partial charge in [0.25, 0.3) is 0 Å². The summed E-state index contributed by atoms with van der Waals surface area (Å²) in [5.41, 5.74) is 1.74. The van der Waals surface area contributed by atoms with Crippen LogP contribution in [0.5, 0.6) is 11.5 Å². The number of carboxylic acid groups (broad SMARTS) is 1. The van der Waals surface area contributed by atoms with Crippen LogP contribution in [0.15, 0.2) is 12.1 Å².